The quantitative estimate of drug-likeness (QED) is 0.939. The molecule has 4 heteroatoms. The molecule has 1 atom stereocenters. The summed E-state index contributed by atoms with van der Waals surface area (Å²) in [7, 11) is 2.18. The first-order chi connectivity index (χ1) is 11.8. The SMILES string of the molecule is CN(c1cc(C2CCNCC2)ncn1)C1CCCc2ccccc21. The van der Waals surface area contributed by atoms with E-state index in [-0.39, 0.29) is 0 Å². The van der Waals surface area contributed by atoms with E-state index in [1.54, 1.807) is 6.33 Å². The summed E-state index contributed by atoms with van der Waals surface area (Å²) in [5, 5.41) is 3.43. The molecule has 1 N–H and O–H groups in total. The van der Waals surface area contributed by atoms with Crippen LogP contribution >= 0.6 is 0 Å². The molecule has 0 radical (unpaired) electrons. The zero-order valence-corrected chi connectivity index (χ0v) is 14.4. The molecule has 0 spiro atoms. The van der Waals surface area contributed by atoms with Crippen LogP contribution in [0.25, 0.3) is 0 Å². The fraction of sp³-hybridized carbons (Fsp3) is 0.500. The van der Waals surface area contributed by atoms with Gasteiger partial charge in [-0.2, -0.15) is 0 Å². The molecule has 126 valence electrons. The third-order valence-corrected chi connectivity index (χ3v) is 5.60. The number of piperidine rings is 1. The Bertz CT molecular complexity index is 694. The van der Waals surface area contributed by atoms with Gasteiger partial charge >= 0.3 is 0 Å². The Labute approximate surface area is 144 Å². The third-order valence-electron chi connectivity index (χ3n) is 5.60. The Morgan fingerprint density at radius 3 is 2.79 bits per heavy atom. The number of benzene rings is 1. The maximum atomic E-state index is 4.58. The molecule has 1 fully saturated rings. The van der Waals surface area contributed by atoms with Crippen LogP contribution in [0.4, 0.5) is 5.82 Å². The molecule has 2 aromatic rings. The van der Waals surface area contributed by atoms with Gasteiger partial charge in [0.05, 0.1) is 6.04 Å². The molecule has 24 heavy (non-hydrogen) atoms. The molecular weight excluding hydrogens is 296 g/mol. The minimum atomic E-state index is 0.422. The number of hydrogen-bond acceptors (Lipinski definition) is 4. The summed E-state index contributed by atoms with van der Waals surface area (Å²) < 4.78 is 0. The minimum Gasteiger partial charge on any atom is -0.353 e. The first kappa shape index (κ1) is 15.6. The van der Waals surface area contributed by atoms with Crippen molar-refractivity contribution in [2.45, 2.75) is 44.1 Å². The van der Waals surface area contributed by atoms with Gasteiger partial charge in [-0.25, -0.2) is 9.97 Å². The van der Waals surface area contributed by atoms with Gasteiger partial charge in [0.15, 0.2) is 0 Å². The molecule has 4 nitrogen and oxygen atoms in total. The van der Waals surface area contributed by atoms with Crippen molar-refractivity contribution in [1.29, 1.82) is 0 Å². The van der Waals surface area contributed by atoms with Crippen molar-refractivity contribution in [3.8, 4) is 0 Å². The van der Waals surface area contributed by atoms with Crippen molar-refractivity contribution in [3.05, 3.63) is 53.5 Å². The predicted molar refractivity (Wildman–Crippen MR) is 97.4 cm³/mol. The van der Waals surface area contributed by atoms with Crippen molar-refractivity contribution >= 4 is 5.82 Å². The molecule has 0 bridgehead atoms. The van der Waals surface area contributed by atoms with Crippen LogP contribution in [-0.2, 0) is 6.42 Å². The maximum Gasteiger partial charge on any atom is 0.132 e. The van der Waals surface area contributed by atoms with Crippen LogP contribution in [0.2, 0.25) is 0 Å². The lowest BCUT2D eigenvalue weighted by Crippen LogP contribution is -2.29. The molecule has 1 aromatic heterocycles. The second-order valence-corrected chi connectivity index (χ2v) is 7.04. The number of nitrogens with zero attached hydrogens (tertiary/aromatic N) is 3. The topological polar surface area (TPSA) is 41.0 Å². The zero-order chi connectivity index (χ0) is 16.4. The van der Waals surface area contributed by atoms with Crippen molar-refractivity contribution in [3.63, 3.8) is 0 Å². The highest BCUT2D eigenvalue weighted by atomic mass is 15.2. The van der Waals surface area contributed by atoms with Gasteiger partial charge in [-0.3, -0.25) is 0 Å². The van der Waals surface area contributed by atoms with E-state index in [4.69, 9.17) is 0 Å². The number of nitrogens with one attached hydrogen (secondary N) is 1. The Kier molecular flexibility index (Phi) is 4.48. The molecule has 1 unspecified atom stereocenters. The van der Waals surface area contributed by atoms with E-state index in [2.05, 4.69) is 57.6 Å². The third kappa shape index (κ3) is 3.03. The monoisotopic (exact) mass is 322 g/mol. The summed E-state index contributed by atoms with van der Waals surface area (Å²) in [6.07, 6.45) is 7.74. The van der Waals surface area contributed by atoms with E-state index < -0.39 is 0 Å². The van der Waals surface area contributed by atoms with Gasteiger partial charge in [0.2, 0.25) is 0 Å². The summed E-state index contributed by atoms with van der Waals surface area (Å²) in [5.74, 6) is 1.63. The average molecular weight is 322 g/mol. The van der Waals surface area contributed by atoms with Crippen LogP contribution in [0.3, 0.4) is 0 Å². The number of aryl methyl sites for hydroxylation is 1. The normalized spacial score (nSPS) is 21.3. The Hall–Kier alpha value is -1.94. The van der Waals surface area contributed by atoms with Gasteiger partial charge in [0, 0.05) is 24.7 Å². The number of hydrogen-bond donors (Lipinski definition) is 1. The highest BCUT2D eigenvalue weighted by molar-refractivity contribution is 5.45. The molecule has 2 aliphatic rings. The van der Waals surface area contributed by atoms with Crippen LogP contribution in [0.15, 0.2) is 36.7 Å². The van der Waals surface area contributed by atoms with E-state index in [0.717, 1.165) is 18.9 Å². The first-order valence-corrected chi connectivity index (χ1v) is 9.16. The Morgan fingerprint density at radius 1 is 1.08 bits per heavy atom. The van der Waals surface area contributed by atoms with Crippen LogP contribution in [0.1, 0.15) is 54.5 Å². The van der Waals surface area contributed by atoms with Crippen molar-refractivity contribution in [2.75, 3.05) is 25.0 Å². The Balaban J connectivity index is 1.60. The molecule has 1 aromatic carbocycles. The number of fused-ring (bicyclic) bond motifs is 1. The van der Waals surface area contributed by atoms with E-state index in [9.17, 15) is 0 Å². The standard InChI is InChI=1S/C20H26N4/c1-24(19-8-4-6-15-5-2-3-7-17(15)19)20-13-18(22-14-23-20)16-9-11-21-12-10-16/h2-3,5,7,13-14,16,19,21H,4,6,8-12H2,1H3. The molecule has 2 heterocycles. The lowest BCUT2D eigenvalue weighted by atomic mass is 9.87. The van der Waals surface area contributed by atoms with Crippen LogP contribution in [0, 0.1) is 0 Å². The van der Waals surface area contributed by atoms with E-state index >= 15 is 0 Å². The van der Waals surface area contributed by atoms with Gasteiger partial charge in [-0.15, -0.1) is 0 Å². The van der Waals surface area contributed by atoms with Gasteiger partial charge in [0.1, 0.15) is 12.1 Å². The summed E-state index contributed by atoms with van der Waals surface area (Å²) in [4.78, 5) is 11.5. The van der Waals surface area contributed by atoms with Gasteiger partial charge in [-0.1, -0.05) is 24.3 Å². The summed E-state index contributed by atoms with van der Waals surface area (Å²) in [6.45, 7) is 2.19. The molecular formula is C20H26N4. The Morgan fingerprint density at radius 2 is 1.92 bits per heavy atom. The van der Waals surface area contributed by atoms with E-state index in [1.807, 2.05) is 0 Å². The van der Waals surface area contributed by atoms with Crippen molar-refractivity contribution in [2.24, 2.45) is 0 Å². The number of rotatable bonds is 3. The highest BCUT2D eigenvalue weighted by Crippen LogP contribution is 2.36. The lowest BCUT2D eigenvalue weighted by molar-refractivity contribution is 0.452. The molecule has 4 rings (SSSR count). The van der Waals surface area contributed by atoms with Crippen molar-refractivity contribution < 1.29 is 0 Å². The summed E-state index contributed by atoms with van der Waals surface area (Å²) in [6, 6.07) is 11.5. The van der Waals surface area contributed by atoms with E-state index in [1.165, 1.54) is 48.9 Å². The van der Waals surface area contributed by atoms with Crippen molar-refractivity contribution in [1.82, 2.24) is 15.3 Å². The lowest BCUT2D eigenvalue weighted by Gasteiger charge is -2.34. The summed E-state index contributed by atoms with van der Waals surface area (Å²) >= 11 is 0. The van der Waals surface area contributed by atoms with Gasteiger partial charge in [-0.05, 0) is 56.3 Å². The van der Waals surface area contributed by atoms with Crippen LogP contribution in [-0.4, -0.2) is 30.1 Å². The van der Waals surface area contributed by atoms with E-state index in [0.29, 0.717) is 12.0 Å². The van der Waals surface area contributed by atoms with Crippen LogP contribution in [0.5, 0.6) is 0 Å². The number of anilines is 1. The first-order valence-electron chi connectivity index (χ1n) is 9.16. The maximum absolute atomic E-state index is 4.58. The fourth-order valence-corrected chi connectivity index (χ4v) is 4.19. The second-order valence-electron chi connectivity index (χ2n) is 7.04. The van der Waals surface area contributed by atoms with Crippen LogP contribution < -0.4 is 10.2 Å². The number of aromatic nitrogens is 2. The molecule has 1 saturated heterocycles. The molecule has 1 aliphatic heterocycles. The molecule has 0 saturated carbocycles. The summed E-state index contributed by atoms with van der Waals surface area (Å²) in [5.41, 5.74) is 4.17. The molecule has 0 amide bonds. The van der Waals surface area contributed by atoms with Gasteiger partial charge < -0.3 is 10.2 Å². The average Bonchev–Trinajstić information content (AvgIpc) is 2.68. The van der Waals surface area contributed by atoms with Gasteiger partial charge in [0.25, 0.3) is 0 Å². The second kappa shape index (κ2) is 6.89. The highest BCUT2D eigenvalue weighted by Gasteiger charge is 2.25. The largest absolute Gasteiger partial charge is 0.353 e. The predicted octanol–water partition coefficient (Wildman–Crippen LogP) is 3.46. The smallest absolute Gasteiger partial charge is 0.132 e. The zero-order valence-electron chi connectivity index (χ0n) is 14.4. The minimum absolute atomic E-state index is 0.422. The fourth-order valence-electron chi connectivity index (χ4n) is 4.19. The molecule has 1 aliphatic carbocycles.